The lowest BCUT2D eigenvalue weighted by Crippen LogP contribution is -2.29. The SMILES string of the molecule is O=C(Nc1ccnn1Cc1ccccc1)C1CC(=O)N(c2ccc3c(c2)OCCO3)C1. The van der Waals surface area contributed by atoms with Crippen LogP contribution in [0.3, 0.4) is 0 Å². The molecule has 0 radical (unpaired) electrons. The summed E-state index contributed by atoms with van der Waals surface area (Å²) < 4.78 is 12.9. The zero-order chi connectivity index (χ0) is 21.2. The summed E-state index contributed by atoms with van der Waals surface area (Å²) in [7, 11) is 0. The first kappa shape index (κ1) is 19.2. The van der Waals surface area contributed by atoms with Crippen molar-refractivity contribution >= 4 is 23.3 Å². The second-order valence-electron chi connectivity index (χ2n) is 7.58. The van der Waals surface area contributed by atoms with Crippen LogP contribution in [-0.4, -0.2) is 41.4 Å². The molecule has 1 N–H and O–H groups in total. The van der Waals surface area contributed by atoms with Crippen LogP contribution in [-0.2, 0) is 16.1 Å². The van der Waals surface area contributed by atoms with Crippen LogP contribution in [0.5, 0.6) is 11.5 Å². The number of hydrogen-bond acceptors (Lipinski definition) is 5. The molecule has 0 bridgehead atoms. The zero-order valence-corrected chi connectivity index (χ0v) is 16.9. The largest absolute Gasteiger partial charge is 0.486 e. The van der Waals surface area contributed by atoms with Crippen molar-refractivity contribution in [2.75, 3.05) is 30.0 Å². The van der Waals surface area contributed by atoms with Gasteiger partial charge in [0.2, 0.25) is 11.8 Å². The van der Waals surface area contributed by atoms with E-state index in [0.717, 1.165) is 5.56 Å². The van der Waals surface area contributed by atoms with Gasteiger partial charge in [0.15, 0.2) is 11.5 Å². The summed E-state index contributed by atoms with van der Waals surface area (Å²) in [5.74, 6) is 1.18. The first-order valence-corrected chi connectivity index (χ1v) is 10.2. The van der Waals surface area contributed by atoms with Crippen molar-refractivity contribution in [1.82, 2.24) is 9.78 Å². The van der Waals surface area contributed by atoms with Gasteiger partial charge in [-0.25, -0.2) is 4.68 Å². The second-order valence-corrected chi connectivity index (χ2v) is 7.58. The predicted octanol–water partition coefficient (Wildman–Crippen LogP) is 2.69. The summed E-state index contributed by atoms with van der Waals surface area (Å²) in [5, 5.41) is 7.24. The van der Waals surface area contributed by atoms with E-state index in [0.29, 0.717) is 49.3 Å². The van der Waals surface area contributed by atoms with E-state index in [-0.39, 0.29) is 18.2 Å². The quantitative estimate of drug-likeness (QED) is 0.689. The molecule has 0 spiro atoms. The summed E-state index contributed by atoms with van der Waals surface area (Å²) in [6, 6.07) is 17.1. The molecular formula is C23H22N4O4. The molecule has 1 unspecified atom stereocenters. The summed E-state index contributed by atoms with van der Waals surface area (Å²) in [6.45, 7) is 1.86. The van der Waals surface area contributed by atoms with E-state index < -0.39 is 5.92 Å². The Morgan fingerprint density at radius 2 is 1.87 bits per heavy atom. The van der Waals surface area contributed by atoms with Gasteiger partial charge in [-0.15, -0.1) is 0 Å². The smallest absolute Gasteiger partial charge is 0.230 e. The molecule has 3 aromatic rings. The van der Waals surface area contributed by atoms with Gasteiger partial charge in [-0.3, -0.25) is 9.59 Å². The van der Waals surface area contributed by atoms with Crippen molar-refractivity contribution < 1.29 is 19.1 Å². The molecule has 8 heteroatoms. The van der Waals surface area contributed by atoms with Crippen molar-refractivity contribution in [3.63, 3.8) is 0 Å². The fourth-order valence-electron chi connectivity index (χ4n) is 3.88. The highest BCUT2D eigenvalue weighted by Gasteiger charge is 2.36. The van der Waals surface area contributed by atoms with Crippen LogP contribution < -0.4 is 19.7 Å². The number of aromatic nitrogens is 2. The number of rotatable bonds is 5. The summed E-state index contributed by atoms with van der Waals surface area (Å²) in [5.41, 5.74) is 1.79. The van der Waals surface area contributed by atoms with Crippen molar-refractivity contribution in [2.45, 2.75) is 13.0 Å². The van der Waals surface area contributed by atoms with Crippen molar-refractivity contribution in [2.24, 2.45) is 5.92 Å². The Morgan fingerprint density at radius 1 is 1.06 bits per heavy atom. The van der Waals surface area contributed by atoms with Crippen LogP contribution >= 0.6 is 0 Å². The molecule has 2 aromatic carbocycles. The zero-order valence-electron chi connectivity index (χ0n) is 16.9. The minimum absolute atomic E-state index is 0.0883. The predicted molar refractivity (Wildman–Crippen MR) is 114 cm³/mol. The molecule has 158 valence electrons. The van der Waals surface area contributed by atoms with Gasteiger partial charge >= 0.3 is 0 Å². The van der Waals surface area contributed by atoms with Crippen LogP contribution in [0.15, 0.2) is 60.8 Å². The van der Waals surface area contributed by atoms with Crippen molar-refractivity contribution in [3.8, 4) is 11.5 Å². The van der Waals surface area contributed by atoms with E-state index in [1.807, 2.05) is 36.4 Å². The Labute approximate surface area is 179 Å². The number of nitrogens with zero attached hydrogens (tertiary/aromatic N) is 3. The minimum Gasteiger partial charge on any atom is -0.486 e. The molecule has 31 heavy (non-hydrogen) atoms. The van der Waals surface area contributed by atoms with Gasteiger partial charge in [-0.05, 0) is 17.7 Å². The van der Waals surface area contributed by atoms with Gasteiger partial charge in [-0.1, -0.05) is 30.3 Å². The third-order valence-corrected chi connectivity index (χ3v) is 5.48. The average Bonchev–Trinajstić information content (AvgIpc) is 3.40. The molecule has 1 aromatic heterocycles. The maximum absolute atomic E-state index is 12.9. The minimum atomic E-state index is -0.444. The number of carbonyl (C=O) groups excluding carboxylic acids is 2. The number of amides is 2. The van der Waals surface area contributed by atoms with E-state index in [9.17, 15) is 9.59 Å². The Kier molecular flexibility index (Phi) is 5.03. The third-order valence-electron chi connectivity index (χ3n) is 5.48. The van der Waals surface area contributed by atoms with Gasteiger partial charge in [0.25, 0.3) is 0 Å². The van der Waals surface area contributed by atoms with E-state index in [4.69, 9.17) is 9.47 Å². The number of nitrogens with one attached hydrogen (secondary N) is 1. The summed E-state index contributed by atoms with van der Waals surface area (Å²) >= 11 is 0. The first-order valence-electron chi connectivity index (χ1n) is 10.2. The Morgan fingerprint density at radius 3 is 2.71 bits per heavy atom. The summed E-state index contributed by atoms with van der Waals surface area (Å²) in [4.78, 5) is 27.1. The molecule has 0 saturated carbocycles. The molecule has 0 aliphatic carbocycles. The van der Waals surface area contributed by atoms with Crippen molar-refractivity contribution in [3.05, 3.63) is 66.4 Å². The maximum Gasteiger partial charge on any atom is 0.230 e. The fraction of sp³-hybridized carbons (Fsp3) is 0.261. The van der Waals surface area contributed by atoms with Crippen LogP contribution in [0, 0.1) is 5.92 Å². The lowest BCUT2D eigenvalue weighted by molar-refractivity contribution is -0.122. The van der Waals surface area contributed by atoms with Gasteiger partial charge in [0.05, 0.1) is 18.7 Å². The Hall–Kier alpha value is -3.81. The molecule has 5 rings (SSSR count). The van der Waals surface area contributed by atoms with Gasteiger partial charge in [0, 0.05) is 30.8 Å². The highest BCUT2D eigenvalue weighted by molar-refractivity contribution is 6.03. The van der Waals surface area contributed by atoms with E-state index in [1.54, 1.807) is 34.0 Å². The van der Waals surface area contributed by atoms with Crippen LogP contribution in [0.25, 0.3) is 0 Å². The number of carbonyl (C=O) groups is 2. The van der Waals surface area contributed by atoms with Gasteiger partial charge in [0.1, 0.15) is 19.0 Å². The normalized spacial score (nSPS) is 17.6. The maximum atomic E-state index is 12.9. The van der Waals surface area contributed by atoms with Crippen LogP contribution in [0.4, 0.5) is 11.5 Å². The highest BCUT2D eigenvalue weighted by atomic mass is 16.6. The standard InChI is InChI=1S/C23H22N4O4/c28-22-12-17(15-26(22)18-6-7-19-20(13-18)31-11-10-30-19)23(29)25-21-8-9-24-27(21)14-16-4-2-1-3-5-16/h1-9,13,17H,10-12,14-15H2,(H,25,29). The molecule has 8 nitrogen and oxygen atoms in total. The number of benzene rings is 2. The number of fused-ring (bicyclic) bond motifs is 1. The monoisotopic (exact) mass is 418 g/mol. The molecule has 2 aliphatic rings. The number of anilines is 2. The second kappa shape index (κ2) is 8.14. The fourth-order valence-corrected chi connectivity index (χ4v) is 3.88. The topological polar surface area (TPSA) is 85.7 Å². The van der Waals surface area contributed by atoms with Gasteiger partial charge in [-0.2, -0.15) is 5.10 Å². The van der Waals surface area contributed by atoms with E-state index in [1.165, 1.54) is 0 Å². The number of ether oxygens (including phenoxy) is 2. The molecule has 2 amide bonds. The lowest BCUT2D eigenvalue weighted by Gasteiger charge is -2.22. The van der Waals surface area contributed by atoms with E-state index in [2.05, 4.69) is 10.4 Å². The van der Waals surface area contributed by atoms with Crippen molar-refractivity contribution in [1.29, 1.82) is 0 Å². The average molecular weight is 418 g/mol. The number of hydrogen-bond donors (Lipinski definition) is 1. The Bertz CT molecular complexity index is 1110. The molecular weight excluding hydrogens is 396 g/mol. The molecule has 1 saturated heterocycles. The van der Waals surface area contributed by atoms with Gasteiger partial charge < -0.3 is 19.7 Å². The Balaban J connectivity index is 1.27. The lowest BCUT2D eigenvalue weighted by atomic mass is 10.1. The van der Waals surface area contributed by atoms with Crippen LogP contribution in [0.1, 0.15) is 12.0 Å². The first-order chi connectivity index (χ1) is 15.2. The molecule has 3 heterocycles. The molecule has 1 fully saturated rings. The summed E-state index contributed by atoms with van der Waals surface area (Å²) in [6.07, 6.45) is 1.81. The van der Waals surface area contributed by atoms with Crippen LogP contribution in [0.2, 0.25) is 0 Å². The molecule has 1 atom stereocenters. The third kappa shape index (κ3) is 3.96. The van der Waals surface area contributed by atoms with E-state index >= 15 is 0 Å². The molecule has 2 aliphatic heterocycles. The highest BCUT2D eigenvalue weighted by Crippen LogP contribution is 2.36.